The van der Waals surface area contributed by atoms with Gasteiger partial charge in [0.15, 0.2) is 5.76 Å². The predicted molar refractivity (Wildman–Crippen MR) is 97.2 cm³/mol. The van der Waals surface area contributed by atoms with Crippen molar-refractivity contribution in [3.05, 3.63) is 54.2 Å². The first-order chi connectivity index (χ1) is 13.1. The molecule has 1 fully saturated rings. The van der Waals surface area contributed by atoms with Crippen molar-refractivity contribution in [1.29, 1.82) is 0 Å². The van der Waals surface area contributed by atoms with E-state index in [1.807, 2.05) is 30.1 Å². The summed E-state index contributed by atoms with van der Waals surface area (Å²) in [6, 6.07) is 8.61. The van der Waals surface area contributed by atoms with E-state index >= 15 is 0 Å². The number of carbonyl (C=O) groups is 1. The number of pyridine rings is 1. The minimum Gasteiger partial charge on any atom is -0.459 e. The summed E-state index contributed by atoms with van der Waals surface area (Å²) in [5.41, 5.74) is 0.958. The highest BCUT2D eigenvalue weighted by Gasteiger charge is 2.45. The molecule has 1 amide bonds. The number of nitrogens with one attached hydrogen (secondary N) is 1. The van der Waals surface area contributed by atoms with Gasteiger partial charge in [-0.1, -0.05) is 6.07 Å². The molecule has 3 N–H and O–H groups in total. The molecule has 0 aromatic carbocycles. The van der Waals surface area contributed by atoms with Gasteiger partial charge in [-0.05, 0) is 31.3 Å². The van der Waals surface area contributed by atoms with Gasteiger partial charge < -0.3 is 24.7 Å². The molecule has 3 heterocycles. The molecule has 0 saturated carbocycles. The molecular weight excluding hydrogens is 350 g/mol. The smallest absolute Gasteiger partial charge is 0.287 e. The predicted octanol–water partition coefficient (Wildman–Crippen LogP) is 0.0681. The summed E-state index contributed by atoms with van der Waals surface area (Å²) in [6.45, 7) is 0.572. The van der Waals surface area contributed by atoms with Crippen LogP contribution in [0.4, 0.5) is 0 Å². The number of aliphatic hydroxyl groups is 2. The summed E-state index contributed by atoms with van der Waals surface area (Å²) in [5.74, 6) is -0.132. The first kappa shape index (κ1) is 19.5. The third-order valence-electron chi connectivity index (χ3n) is 4.81. The Balaban J connectivity index is 1.61. The molecule has 8 nitrogen and oxygen atoms in total. The van der Waals surface area contributed by atoms with Crippen molar-refractivity contribution < 1.29 is 24.2 Å². The third-order valence-corrected chi connectivity index (χ3v) is 4.81. The van der Waals surface area contributed by atoms with E-state index in [4.69, 9.17) is 9.15 Å². The molecule has 0 bridgehead atoms. The maximum absolute atomic E-state index is 12.1. The van der Waals surface area contributed by atoms with Crippen LogP contribution in [0.1, 0.15) is 16.2 Å². The molecule has 146 valence electrons. The van der Waals surface area contributed by atoms with Crippen molar-refractivity contribution in [3.8, 4) is 0 Å². The number of rotatable bonds is 8. The van der Waals surface area contributed by atoms with Crippen LogP contribution in [-0.4, -0.2) is 77.1 Å². The van der Waals surface area contributed by atoms with E-state index in [2.05, 4.69) is 10.3 Å². The maximum Gasteiger partial charge on any atom is 0.287 e. The Morgan fingerprint density at radius 2 is 2.15 bits per heavy atom. The van der Waals surface area contributed by atoms with Gasteiger partial charge >= 0.3 is 0 Å². The van der Waals surface area contributed by atoms with E-state index in [-0.39, 0.29) is 30.9 Å². The number of furan rings is 1. The Morgan fingerprint density at radius 3 is 2.81 bits per heavy atom. The lowest BCUT2D eigenvalue weighted by atomic mass is 10.0. The molecule has 2 aromatic heterocycles. The molecule has 3 rings (SSSR count). The number of likely N-dealkylation sites (N-methyl/N-ethyl adjacent to an activating group) is 1. The fourth-order valence-corrected chi connectivity index (χ4v) is 3.36. The molecule has 0 radical (unpaired) electrons. The first-order valence-electron chi connectivity index (χ1n) is 8.96. The summed E-state index contributed by atoms with van der Waals surface area (Å²) in [4.78, 5) is 18.4. The number of nitrogens with zero attached hydrogens (tertiary/aromatic N) is 2. The fourth-order valence-electron chi connectivity index (χ4n) is 3.36. The Morgan fingerprint density at radius 1 is 1.30 bits per heavy atom. The number of aliphatic hydroxyl groups excluding tert-OH is 2. The lowest BCUT2D eigenvalue weighted by molar-refractivity contribution is -0.0209. The zero-order chi connectivity index (χ0) is 19.2. The number of aromatic nitrogens is 1. The van der Waals surface area contributed by atoms with Crippen molar-refractivity contribution >= 4 is 5.91 Å². The Hall–Kier alpha value is -2.26. The molecule has 1 aliphatic rings. The lowest BCUT2D eigenvalue weighted by Gasteiger charge is -2.30. The van der Waals surface area contributed by atoms with Gasteiger partial charge in [0.2, 0.25) is 0 Å². The van der Waals surface area contributed by atoms with Crippen LogP contribution in [0, 0.1) is 0 Å². The molecule has 1 aliphatic heterocycles. The molecule has 27 heavy (non-hydrogen) atoms. The maximum atomic E-state index is 12.1. The van der Waals surface area contributed by atoms with E-state index in [1.54, 1.807) is 18.3 Å². The van der Waals surface area contributed by atoms with Gasteiger partial charge in [0.1, 0.15) is 12.2 Å². The summed E-state index contributed by atoms with van der Waals surface area (Å²) in [5, 5.41) is 22.8. The summed E-state index contributed by atoms with van der Waals surface area (Å²) in [6.07, 6.45) is 1.91. The van der Waals surface area contributed by atoms with Gasteiger partial charge in [0.25, 0.3) is 5.91 Å². The number of hydrogen-bond acceptors (Lipinski definition) is 7. The van der Waals surface area contributed by atoms with Crippen LogP contribution in [0.25, 0.3) is 0 Å². The van der Waals surface area contributed by atoms with Crippen molar-refractivity contribution in [1.82, 2.24) is 15.2 Å². The monoisotopic (exact) mass is 375 g/mol. The minimum absolute atomic E-state index is 0.200. The Labute approximate surface area is 157 Å². The highest BCUT2D eigenvalue weighted by Crippen LogP contribution is 2.25. The Bertz CT molecular complexity index is 709. The summed E-state index contributed by atoms with van der Waals surface area (Å²) < 4.78 is 10.8. The topological polar surface area (TPSA) is 108 Å². The highest BCUT2D eigenvalue weighted by atomic mass is 16.5. The van der Waals surface area contributed by atoms with Gasteiger partial charge in [0, 0.05) is 31.4 Å². The Kier molecular flexibility index (Phi) is 6.57. The zero-order valence-corrected chi connectivity index (χ0v) is 15.2. The summed E-state index contributed by atoms with van der Waals surface area (Å²) >= 11 is 0. The average molecular weight is 375 g/mol. The molecule has 0 aliphatic carbocycles. The number of ether oxygens (including phenoxy) is 1. The average Bonchev–Trinajstić information content (AvgIpc) is 3.33. The highest BCUT2D eigenvalue weighted by molar-refractivity contribution is 5.91. The zero-order valence-electron chi connectivity index (χ0n) is 15.2. The molecule has 2 aromatic rings. The number of carbonyl (C=O) groups excluding carboxylic acids is 1. The standard InChI is InChI=1S/C19H25N3O5/c1-22(9-7-13-5-2-3-8-20-13)17-15(27-16(12-23)18(17)24)11-21-19(25)14-6-4-10-26-14/h2-6,8,10,15-18,23-24H,7,9,11-12H2,1H3,(H,21,25). The van der Waals surface area contributed by atoms with Crippen LogP contribution in [0.5, 0.6) is 0 Å². The minimum atomic E-state index is -0.853. The van der Waals surface area contributed by atoms with Crippen LogP contribution in [0.3, 0.4) is 0 Å². The van der Waals surface area contributed by atoms with E-state index < -0.39 is 18.3 Å². The largest absolute Gasteiger partial charge is 0.459 e. The normalized spacial score (nSPS) is 25.0. The van der Waals surface area contributed by atoms with E-state index in [1.165, 1.54) is 6.26 Å². The van der Waals surface area contributed by atoms with Gasteiger partial charge in [-0.2, -0.15) is 0 Å². The molecule has 8 heteroatoms. The lowest BCUT2D eigenvalue weighted by Crippen LogP contribution is -2.50. The van der Waals surface area contributed by atoms with Gasteiger partial charge in [-0.25, -0.2) is 0 Å². The summed E-state index contributed by atoms with van der Waals surface area (Å²) in [7, 11) is 1.89. The molecule has 4 unspecified atom stereocenters. The quantitative estimate of drug-likeness (QED) is 0.599. The molecule has 0 spiro atoms. The van der Waals surface area contributed by atoms with Gasteiger partial charge in [-0.3, -0.25) is 14.7 Å². The number of hydrogen-bond donors (Lipinski definition) is 3. The van der Waals surface area contributed by atoms with Gasteiger partial charge in [-0.15, -0.1) is 0 Å². The van der Waals surface area contributed by atoms with Crippen LogP contribution >= 0.6 is 0 Å². The van der Waals surface area contributed by atoms with Gasteiger partial charge in [0.05, 0.1) is 25.0 Å². The van der Waals surface area contributed by atoms with Crippen LogP contribution < -0.4 is 5.32 Å². The van der Waals surface area contributed by atoms with Crippen molar-refractivity contribution in [2.45, 2.75) is 30.8 Å². The molecular formula is C19H25N3O5. The first-order valence-corrected chi connectivity index (χ1v) is 8.96. The third kappa shape index (κ3) is 4.72. The second-order valence-corrected chi connectivity index (χ2v) is 6.62. The van der Waals surface area contributed by atoms with Crippen LogP contribution in [0.2, 0.25) is 0 Å². The van der Waals surface area contributed by atoms with Crippen LogP contribution in [0.15, 0.2) is 47.2 Å². The van der Waals surface area contributed by atoms with Crippen LogP contribution in [-0.2, 0) is 11.2 Å². The fraction of sp³-hybridized carbons (Fsp3) is 0.474. The van der Waals surface area contributed by atoms with Crippen molar-refractivity contribution in [2.75, 3.05) is 26.7 Å². The number of amides is 1. The van der Waals surface area contributed by atoms with E-state index in [0.29, 0.717) is 6.54 Å². The SMILES string of the molecule is CN(CCc1ccccn1)C1C(CNC(=O)c2ccco2)OC(CO)C1O. The second-order valence-electron chi connectivity index (χ2n) is 6.62. The van der Waals surface area contributed by atoms with Crippen molar-refractivity contribution in [2.24, 2.45) is 0 Å². The second kappa shape index (κ2) is 9.09. The van der Waals surface area contributed by atoms with E-state index in [0.717, 1.165) is 12.1 Å². The molecule has 1 saturated heterocycles. The van der Waals surface area contributed by atoms with E-state index in [9.17, 15) is 15.0 Å². The molecule has 4 atom stereocenters. The van der Waals surface area contributed by atoms with Crippen molar-refractivity contribution in [3.63, 3.8) is 0 Å².